The van der Waals surface area contributed by atoms with Crippen LogP contribution in [0, 0.1) is 13.8 Å². The Balaban J connectivity index is 0. The summed E-state index contributed by atoms with van der Waals surface area (Å²) >= 11 is 0. The molecule has 0 saturated heterocycles. The molecule has 0 aliphatic rings. The Hall–Kier alpha value is -1.81. The van der Waals surface area contributed by atoms with Crippen molar-refractivity contribution in [2.24, 2.45) is 0 Å². The quantitative estimate of drug-likeness (QED) is 0.858. The van der Waals surface area contributed by atoms with Crippen LogP contribution in [0.3, 0.4) is 0 Å². The molecule has 0 amide bonds. The molecule has 4 heteroatoms. The van der Waals surface area contributed by atoms with Crippen molar-refractivity contribution in [3.05, 3.63) is 29.5 Å². The maximum atomic E-state index is 10.3. The third kappa shape index (κ3) is 6.00. The number of benzene rings is 1. The van der Waals surface area contributed by atoms with Crippen molar-refractivity contribution in [2.45, 2.75) is 41.5 Å². The molecule has 0 aliphatic heterocycles. The van der Waals surface area contributed by atoms with Crippen LogP contribution >= 0.6 is 0 Å². The molecular formula is C17H28O4. The van der Waals surface area contributed by atoms with E-state index in [1.54, 1.807) is 6.26 Å². The maximum Gasteiger partial charge on any atom is 0.157 e. The largest absolute Gasteiger partial charge is 0.485 e. The van der Waals surface area contributed by atoms with Crippen LogP contribution in [0.1, 0.15) is 38.8 Å². The molecule has 2 aromatic rings. The van der Waals surface area contributed by atoms with Gasteiger partial charge in [0.25, 0.3) is 0 Å². The predicted octanol–water partition coefficient (Wildman–Crippen LogP) is 4.29. The molecule has 0 spiro atoms. The summed E-state index contributed by atoms with van der Waals surface area (Å²) in [5.74, 6) is 0.733. The Bertz CT molecular complexity index is 501. The number of aldehydes is 1. The van der Waals surface area contributed by atoms with E-state index in [2.05, 4.69) is 0 Å². The molecule has 0 bridgehead atoms. The summed E-state index contributed by atoms with van der Waals surface area (Å²) in [4.78, 5) is 10.3. The fraction of sp³-hybridized carbons (Fsp3) is 0.471. The zero-order valence-electron chi connectivity index (χ0n) is 14.2. The molecule has 0 aliphatic carbocycles. The highest BCUT2D eigenvalue weighted by molar-refractivity contribution is 5.88. The second-order valence-corrected chi connectivity index (χ2v) is 3.48. The molecule has 0 radical (unpaired) electrons. The maximum absolute atomic E-state index is 10.3. The van der Waals surface area contributed by atoms with Crippen LogP contribution in [0.2, 0.25) is 0 Å². The van der Waals surface area contributed by atoms with Gasteiger partial charge in [0.05, 0.1) is 11.6 Å². The van der Waals surface area contributed by atoms with Crippen LogP contribution < -0.4 is 4.74 Å². The number of aryl methyl sites for hydroxylation is 2. The van der Waals surface area contributed by atoms with Crippen molar-refractivity contribution in [3.8, 4) is 5.75 Å². The normalized spacial score (nSPS) is 8.38. The second kappa shape index (κ2) is 13.2. The first-order valence-electron chi connectivity index (χ1n) is 7.22. The van der Waals surface area contributed by atoms with Gasteiger partial charge in [-0.25, -0.2) is 0 Å². The first kappa shape index (κ1) is 21.5. The summed E-state index contributed by atoms with van der Waals surface area (Å²) in [6.07, 6.45) is 2.37. The first-order chi connectivity index (χ1) is 10.2. The van der Waals surface area contributed by atoms with Gasteiger partial charge in [-0.05, 0) is 37.1 Å². The van der Waals surface area contributed by atoms with Crippen molar-refractivity contribution in [1.82, 2.24) is 0 Å². The van der Waals surface area contributed by atoms with E-state index in [0.717, 1.165) is 41.2 Å². The Labute approximate surface area is 127 Å². The lowest BCUT2D eigenvalue weighted by molar-refractivity contribution is -0.109. The van der Waals surface area contributed by atoms with Gasteiger partial charge in [-0.1, -0.05) is 27.7 Å². The minimum absolute atomic E-state index is 0.0736. The lowest BCUT2D eigenvalue weighted by Gasteiger charge is -2.08. The molecule has 120 valence electrons. The Kier molecular flexibility index (Phi) is 13.5. The molecule has 1 aromatic carbocycles. The number of aliphatic hydroxyl groups is 1. The number of fused-ring (bicyclic) bond motifs is 1. The molecule has 0 unspecified atom stereocenters. The SMILES string of the molecule is CC.CC.CO.Cc1cc(C)c2occc2c1OCC=O. The third-order valence-corrected chi connectivity index (χ3v) is 2.35. The van der Waals surface area contributed by atoms with Gasteiger partial charge in [-0.15, -0.1) is 0 Å². The number of hydrogen-bond donors (Lipinski definition) is 1. The Morgan fingerprint density at radius 1 is 1.14 bits per heavy atom. The highest BCUT2D eigenvalue weighted by atomic mass is 16.5. The summed E-state index contributed by atoms with van der Waals surface area (Å²) in [7, 11) is 1.00. The minimum Gasteiger partial charge on any atom is -0.485 e. The van der Waals surface area contributed by atoms with Crippen molar-refractivity contribution >= 4 is 17.3 Å². The summed E-state index contributed by atoms with van der Waals surface area (Å²) in [6.45, 7) is 12.0. The van der Waals surface area contributed by atoms with Gasteiger partial charge < -0.3 is 14.3 Å². The standard InChI is InChI=1S/C12H12O3.2C2H6.CH4O/c1-8-7-9(2)12(15-6-4-13)10-3-5-14-11(8)10;3*1-2/h3-5,7H,6H2,1-2H3;2*1-2H3;2H,1H3. The molecule has 1 heterocycles. The molecule has 0 atom stereocenters. The molecule has 1 aromatic heterocycles. The molecule has 4 nitrogen and oxygen atoms in total. The second-order valence-electron chi connectivity index (χ2n) is 3.48. The number of hydrogen-bond acceptors (Lipinski definition) is 4. The van der Waals surface area contributed by atoms with Gasteiger partial charge in [0, 0.05) is 7.11 Å². The van der Waals surface area contributed by atoms with Crippen LogP contribution in [0.15, 0.2) is 22.8 Å². The summed E-state index contributed by atoms with van der Waals surface area (Å²) in [5, 5.41) is 7.93. The first-order valence-corrected chi connectivity index (χ1v) is 7.22. The molecule has 0 saturated carbocycles. The van der Waals surface area contributed by atoms with E-state index in [1.165, 1.54) is 0 Å². The number of aliphatic hydroxyl groups excluding tert-OH is 1. The number of furan rings is 1. The predicted molar refractivity (Wildman–Crippen MR) is 88.1 cm³/mol. The van der Waals surface area contributed by atoms with E-state index in [9.17, 15) is 4.79 Å². The van der Waals surface area contributed by atoms with Crippen molar-refractivity contribution in [2.75, 3.05) is 13.7 Å². The lowest BCUT2D eigenvalue weighted by atomic mass is 10.1. The average molecular weight is 296 g/mol. The van der Waals surface area contributed by atoms with Gasteiger partial charge in [-0.2, -0.15) is 0 Å². The van der Waals surface area contributed by atoms with Crippen LogP contribution in [-0.4, -0.2) is 25.1 Å². The summed E-state index contributed by atoms with van der Waals surface area (Å²) in [5.41, 5.74) is 2.91. The number of ether oxygens (including phenoxy) is 1. The topological polar surface area (TPSA) is 59.7 Å². The highest BCUT2D eigenvalue weighted by Crippen LogP contribution is 2.32. The number of carbonyl (C=O) groups is 1. The average Bonchev–Trinajstić information content (AvgIpc) is 3.03. The van der Waals surface area contributed by atoms with Gasteiger partial charge in [0.2, 0.25) is 0 Å². The third-order valence-electron chi connectivity index (χ3n) is 2.35. The van der Waals surface area contributed by atoms with Crippen LogP contribution in [-0.2, 0) is 4.79 Å². The monoisotopic (exact) mass is 296 g/mol. The van der Waals surface area contributed by atoms with Crippen molar-refractivity contribution in [3.63, 3.8) is 0 Å². The van der Waals surface area contributed by atoms with Gasteiger partial charge in [0.15, 0.2) is 6.29 Å². The van der Waals surface area contributed by atoms with Crippen molar-refractivity contribution in [1.29, 1.82) is 0 Å². The van der Waals surface area contributed by atoms with E-state index in [-0.39, 0.29) is 6.61 Å². The zero-order chi connectivity index (χ0) is 16.8. The molecule has 2 rings (SSSR count). The molecule has 1 N–H and O–H groups in total. The fourth-order valence-corrected chi connectivity index (χ4v) is 1.77. The van der Waals surface area contributed by atoms with Crippen LogP contribution in [0.5, 0.6) is 5.75 Å². The van der Waals surface area contributed by atoms with Gasteiger partial charge in [0.1, 0.15) is 17.9 Å². The summed E-state index contributed by atoms with van der Waals surface area (Å²) in [6, 6.07) is 3.85. The zero-order valence-corrected chi connectivity index (χ0v) is 14.2. The number of carbonyl (C=O) groups excluding carboxylic acids is 1. The van der Waals surface area contributed by atoms with E-state index >= 15 is 0 Å². The van der Waals surface area contributed by atoms with E-state index in [0.29, 0.717) is 0 Å². The van der Waals surface area contributed by atoms with Gasteiger partial charge >= 0.3 is 0 Å². The van der Waals surface area contributed by atoms with E-state index < -0.39 is 0 Å². The lowest BCUT2D eigenvalue weighted by Crippen LogP contribution is -2.00. The Morgan fingerprint density at radius 3 is 2.24 bits per heavy atom. The van der Waals surface area contributed by atoms with Crippen LogP contribution in [0.4, 0.5) is 0 Å². The fourth-order valence-electron chi connectivity index (χ4n) is 1.77. The van der Waals surface area contributed by atoms with E-state index in [1.807, 2.05) is 53.7 Å². The molecule has 21 heavy (non-hydrogen) atoms. The minimum atomic E-state index is 0.0736. The molecular weight excluding hydrogens is 268 g/mol. The van der Waals surface area contributed by atoms with Gasteiger partial charge in [-0.3, -0.25) is 4.79 Å². The van der Waals surface area contributed by atoms with Crippen LogP contribution in [0.25, 0.3) is 11.0 Å². The highest BCUT2D eigenvalue weighted by Gasteiger charge is 2.10. The molecule has 0 fully saturated rings. The smallest absolute Gasteiger partial charge is 0.157 e. The van der Waals surface area contributed by atoms with E-state index in [4.69, 9.17) is 14.3 Å². The summed E-state index contributed by atoms with van der Waals surface area (Å²) < 4.78 is 10.7. The number of rotatable bonds is 3. The van der Waals surface area contributed by atoms with Crippen molar-refractivity contribution < 1.29 is 19.1 Å². The Morgan fingerprint density at radius 2 is 1.71 bits per heavy atom.